The van der Waals surface area contributed by atoms with Crippen molar-refractivity contribution in [2.45, 2.75) is 19.1 Å². The second-order valence-corrected chi connectivity index (χ2v) is 3.08. The Balaban J connectivity index is 3.05. The Labute approximate surface area is 76.8 Å². The van der Waals surface area contributed by atoms with Crippen LogP contribution < -0.4 is 11.5 Å². The molecule has 4 nitrogen and oxygen atoms in total. The third-order valence-corrected chi connectivity index (χ3v) is 1.93. The molecule has 6 N–H and O–H groups in total. The third-order valence-electron chi connectivity index (χ3n) is 1.93. The molecule has 0 unspecified atom stereocenters. The molecule has 13 heavy (non-hydrogen) atoms. The number of hydrogen-bond acceptors (Lipinski definition) is 4. The van der Waals surface area contributed by atoms with E-state index in [1.54, 1.807) is 19.1 Å². The molecule has 0 bridgehead atoms. The van der Waals surface area contributed by atoms with E-state index in [2.05, 4.69) is 0 Å². The second kappa shape index (κ2) is 3.64. The van der Waals surface area contributed by atoms with Crippen LogP contribution >= 0.6 is 0 Å². The molecular formula is C9H14N2O2. The molecule has 0 saturated carbocycles. The Morgan fingerprint density at radius 2 is 2.00 bits per heavy atom. The molecule has 72 valence electrons. The average Bonchev–Trinajstić information content (AvgIpc) is 2.08. The SMILES string of the molecule is C[C@H](O)[C@H](N)c1cc(N)ccc1O. The van der Waals surface area contributed by atoms with Gasteiger partial charge in [0.2, 0.25) is 0 Å². The van der Waals surface area contributed by atoms with Gasteiger partial charge >= 0.3 is 0 Å². The molecular weight excluding hydrogens is 168 g/mol. The first-order valence-electron chi connectivity index (χ1n) is 4.04. The largest absolute Gasteiger partial charge is 0.508 e. The molecule has 0 aliphatic rings. The van der Waals surface area contributed by atoms with Crippen molar-refractivity contribution in [1.29, 1.82) is 0 Å². The summed E-state index contributed by atoms with van der Waals surface area (Å²) in [6, 6.07) is 4.00. The molecule has 0 radical (unpaired) electrons. The minimum absolute atomic E-state index is 0.0580. The van der Waals surface area contributed by atoms with Crippen molar-refractivity contribution >= 4 is 5.69 Å². The van der Waals surface area contributed by atoms with E-state index in [0.29, 0.717) is 11.3 Å². The second-order valence-electron chi connectivity index (χ2n) is 3.08. The molecule has 0 spiro atoms. The van der Waals surface area contributed by atoms with Crippen LogP contribution in [0.5, 0.6) is 5.75 Å². The minimum atomic E-state index is -0.715. The van der Waals surface area contributed by atoms with Gasteiger partial charge in [-0.2, -0.15) is 0 Å². The van der Waals surface area contributed by atoms with Crippen molar-refractivity contribution in [1.82, 2.24) is 0 Å². The Morgan fingerprint density at radius 1 is 1.38 bits per heavy atom. The zero-order chi connectivity index (χ0) is 10.0. The number of rotatable bonds is 2. The fraction of sp³-hybridized carbons (Fsp3) is 0.333. The fourth-order valence-corrected chi connectivity index (χ4v) is 1.10. The van der Waals surface area contributed by atoms with Crippen LogP contribution in [0.1, 0.15) is 18.5 Å². The summed E-state index contributed by atoms with van der Waals surface area (Å²) in [5.41, 5.74) is 12.1. The fourth-order valence-electron chi connectivity index (χ4n) is 1.10. The molecule has 2 atom stereocenters. The lowest BCUT2D eigenvalue weighted by molar-refractivity contribution is 0.163. The van der Waals surface area contributed by atoms with Crippen LogP contribution in [0.3, 0.4) is 0 Å². The van der Waals surface area contributed by atoms with Crippen LogP contribution in [0, 0.1) is 0 Å². The Kier molecular flexibility index (Phi) is 2.75. The van der Waals surface area contributed by atoms with E-state index in [0.717, 1.165) is 0 Å². The van der Waals surface area contributed by atoms with Gasteiger partial charge in [-0.25, -0.2) is 0 Å². The molecule has 0 amide bonds. The summed E-state index contributed by atoms with van der Waals surface area (Å²) < 4.78 is 0. The van der Waals surface area contributed by atoms with E-state index in [4.69, 9.17) is 11.5 Å². The lowest BCUT2D eigenvalue weighted by atomic mass is 10.0. The zero-order valence-corrected chi connectivity index (χ0v) is 7.44. The van der Waals surface area contributed by atoms with Crippen LogP contribution in [0.2, 0.25) is 0 Å². The van der Waals surface area contributed by atoms with Crippen molar-refractivity contribution in [2.75, 3.05) is 5.73 Å². The van der Waals surface area contributed by atoms with Gasteiger partial charge in [-0.3, -0.25) is 0 Å². The van der Waals surface area contributed by atoms with E-state index >= 15 is 0 Å². The standard InChI is InChI=1S/C9H14N2O2/c1-5(12)9(11)7-4-6(10)2-3-8(7)13/h2-5,9,12-13H,10-11H2,1H3/t5-,9-/m0/s1. The number of aromatic hydroxyl groups is 1. The summed E-state index contributed by atoms with van der Waals surface area (Å²) in [4.78, 5) is 0. The molecule has 1 aromatic rings. The molecule has 0 saturated heterocycles. The van der Waals surface area contributed by atoms with E-state index in [9.17, 15) is 10.2 Å². The maximum atomic E-state index is 9.41. The quantitative estimate of drug-likeness (QED) is 0.392. The van der Waals surface area contributed by atoms with Crippen LogP contribution in [0.4, 0.5) is 5.69 Å². The summed E-state index contributed by atoms with van der Waals surface area (Å²) in [5.74, 6) is 0.0580. The van der Waals surface area contributed by atoms with Gasteiger partial charge in [0.1, 0.15) is 5.75 Å². The highest BCUT2D eigenvalue weighted by Crippen LogP contribution is 2.26. The Bertz CT molecular complexity index is 300. The highest BCUT2D eigenvalue weighted by molar-refractivity contribution is 5.48. The number of phenolic OH excluding ortho intramolecular Hbond substituents is 1. The predicted molar refractivity (Wildman–Crippen MR) is 51.1 cm³/mol. The van der Waals surface area contributed by atoms with E-state index < -0.39 is 12.1 Å². The summed E-state index contributed by atoms with van der Waals surface area (Å²) in [7, 11) is 0. The summed E-state index contributed by atoms with van der Waals surface area (Å²) >= 11 is 0. The zero-order valence-electron chi connectivity index (χ0n) is 7.44. The number of phenols is 1. The van der Waals surface area contributed by atoms with Gasteiger partial charge in [0.25, 0.3) is 0 Å². The smallest absolute Gasteiger partial charge is 0.120 e. The monoisotopic (exact) mass is 182 g/mol. The van der Waals surface area contributed by atoms with Crippen molar-refractivity contribution in [2.24, 2.45) is 5.73 Å². The molecule has 4 heteroatoms. The van der Waals surface area contributed by atoms with Crippen LogP contribution in [0.25, 0.3) is 0 Å². The highest BCUT2D eigenvalue weighted by Gasteiger charge is 2.15. The van der Waals surface area contributed by atoms with Gasteiger partial charge in [0, 0.05) is 11.3 Å². The summed E-state index contributed by atoms with van der Waals surface area (Å²) in [6.45, 7) is 1.56. The van der Waals surface area contributed by atoms with Crippen molar-refractivity contribution in [3.8, 4) is 5.75 Å². The number of benzene rings is 1. The van der Waals surface area contributed by atoms with Gasteiger partial charge in [-0.05, 0) is 25.1 Å². The van der Waals surface area contributed by atoms with Gasteiger partial charge in [-0.15, -0.1) is 0 Å². The maximum Gasteiger partial charge on any atom is 0.120 e. The lowest BCUT2D eigenvalue weighted by Crippen LogP contribution is -2.23. The molecule has 0 aliphatic heterocycles. The molecule has 0 aliphatic carbocycles. The molecule has 0 fully saturated rings. The molecule has 0 heterocycles. The Morgan fingerprint density at radius 3 is 2.54 bits per heavy atom. The number of aliphatic hydroxyl groups excluding tert-OH is 1. The number of anilines is 1. The Hall–Kier alpha value is -1.26. The first-order valence-corrected chi connectivity index (χ1v) is 4.04. The molecule has 1 aromatic carbocycles. The van der Waals surface area contributed by atoms with Crippen molar-refractivity contribution < 1.29 is 10.2 Å². The van der Waals surface area contributed by atoms with Crippen molar-refractivity contribution in [3.05, 3.63) is 23.8 Å². The topological polar surface area (TPSA) is 92.5 Å². The lowest BCUT2D eigenvalue weighted by Gasteiger charge is -2.16. The molecule has 1 rings (SSSR count). The van der Waals surface area contributed by atoms with Gasteiger partial charge in [0.05, 0.1) is 12.1 Å². The van der Waals surface area contributed by atoms with E-state index in [1.165, 1.54) is 6.07 Å². The van der Waals surface area contributed by atoms with E-state index in [-0.39, 0.29) is 5.75 Å². The van der Waals surface area contributed by atoms with E-state index in [1.807, 2.05) is 0 Å². The third kappa shape index (κ3) is 2.11. The predicted octanol–water partition coefficient (Wildman–Crippen LogP) is 0.355. The molecule has 0 aromatic heterocycles. The van der Waals surface area contributed by atoms with Crippen LogP contribution in [-0.2, 0) is 0 Å². The van der Waals surface area contributed by atoms with Gasteiger partial charge < -0.3 is 21.7 Å². The van der Waals surface area contributed by atoms with Crippen LogP contribution in [0.15, 0.2) is 18.2 Å². The van der Waals surface area contributed by atoms with Crippen LogP contribution in [-0.4, -0.2) is 16.3 Å². The number of hydrogen-bond donors (Lipinski definition) is 4. The van der Waals surface area contributed by atoms with Gasteiger partial charge in [0.15, 0.2) is 0 Å². The number of nitrogen functional groups attached to an aromatic ring is 1. The normalized spacial score (nSPS) is 15.3. The maximum absolute atomic E-state index is 9.41. The number of nitrogens with two attached hydrogens (primary N) is 2. The van der Waals surface area contributed by atoms with Gasteiger partial charge in [-0.1, -0.05) is 0 Å². The summed E-state index contributed by atoms with van der Waals surface area (Å²) in [5, 5.41) is 18.6. The first kappa shape index (κ1) is 9.83. The minimum Gasteiger partial charge on any atom is -0.508 e. The first-order chi connectivity index (χ1) is 6.02. The summed E-state index contributed by atoms with van der Waals surface area (Å²) in [6.07, 6.45) is -0.715. The van der Waals surface area contributed by atoms with Crippen molar-refractivity contribution in [3.63, 3.8) is 0 Å². The highest BCUT2D eigenvalue weighted by atomic mass is 16.3. The number of aliphatic hydroxyl groups is 1. The average molecular weight is 182 g/mol.